The third kappa shape index (κ3) is 26.0. The number of aliphatic hydroxyl groups excluding tert-OH is 1. The monoisotopic (exact) mass is 1110 g/mol. The molecule has 11 amide bonds. The summed E-state index contributed by atoms with van der Waals surface area (Å²) in [4.78, 5) is 156. The number of aromatic hydroxyl groups is 1. The Morgan fingerprint density at radius 3 is 1.40 bits per heavy atom. The van der Waals surface area contributed by atoms with Crippen molar-refractivity contribution in [2.24, 2.45) is 34.8 Å². The average molecular weight is 1110 g/mol. The lowest BCUT2D eigenvalue weighted by atomic mass is 10.00. The van der Waals surface area contributed by atoms with Crippen molar-refractivity contribution in [3.8, 4) is 5.75 Å². The molecule has 432 valence electrons. The van der Waals surface area contributed by atoms with Gasteiger partial charge in [-0.1, -0.05) is 39.8 Å². The maximum Gasteiger partial charge on any atom is 0.327 e. The van der Waals surface area contributed by atoms with Gasteiger partial charge in [0.05, 0.1) is 19.1 Å². The first-order valence-electron chi connectivity index (χ1n) is 25.0. The number of thiol groups is 1. The molecule has 0 aliphatic rings. The Balaban J connectivity index is 3.23. The van der Waals surface area contributed by atoms with E-state index in [1.807, 2.05) is 0 Å². The van der Waals surface area contributed by atoms with Crippen molar-refractivity contribution in [1.82, 2.24) is 47.9 Å². The van der Waals surface area contributed by atoms with E-state index in [2.05, 4.69) is 60.5 Å². The second kappa shape index (κ2) is 34.5. The van der Waals surface area contributed by atoms with Gasteiger partial charge in [-0.3, -0.25) is 52.7 Å². The van der Waals surface area contributed by atoms with E-state index in [4.69, 9.17) is 22.9 Å². The Hall–Kier alpha value is -7.11. The second-order valence-electron chi connectivity index (χ2n) is 19.3. The number of aliphatic hydroxyl groups is 1. The summed E-state index contributed by atoms with van der Waals surface area (Å²) in [7, 11) is 0. The minimum Gasteiger partial charge on any atom is -0.508 e. The van der Waals surface area contributed by atoms with E-state index in [9.17, 15) is 72.9 Å². The van der Waals surface area contributed by atoms with Gasteiger partial charge in [-0.15, -0.1) is 0 Å². The molecule has 0 heterocycles. The fourth-order valence-corrected chi connectivity index (χ4v) is 7.43. The predicted octanol–water partition coefficient (Wildman–Crippen LogP) is -4.97. The molecule has 20 N–H and O–H groups in total. The lowest BCUT2D eigenvalue weighted by Gasteiger charge is -2.27. The zero-order valence-corrected chi connectivity index (χ0v) is 45.1. The summed E-state index contributed by atoms with van der Waals surface area (Å²) in [6, 6.07) is -8.62. The minimum atomic E-state index is -1.72. The predicted molar refractivity (Wildman–Crippen MR) is 281 cm³/mol. The number of rotatable bonds is 36. The molecule has 0 saturated heterocycles. The Kier molecular flexibility index (Phi) is 30.5. The number of unbranched alkanes of at least 4 members (excludes halogenated alkanes) is 1. The summed E-state index contributed by atoms with van der Waals surface area (Å²) < 4.78 is 0. The van der Waals surface area contributed by atoms with E-state index in [1.165, 1.54) is 38.1 Å². The highest BCUT2D eigenvalue weighted by molar-refractivity contribution is 7.80. The topological polar surface area (TPSA) is 478 Å². The number of aliphatic carboxylic acids is 1. The maximum atomic E-state index is 13.9. The number of hydrogen-bond acceptors (Lipinski definition) is 17. The van der Waals surface area contributed by atoms with Crippen LogP contribution in [0.2, 0.25) is 0 Å². The van der Waals surface area contributed by atoms with Crippen molar-refractivity contribution >= 4 is 83.6 Å². The third-order valence-corrected chi connectivity index (χ3v) is 11.8. The first kappa shape index (κ1) is 67.9. The molecule has 0 saturated carbocycles. The van der Waals surface area contributed by atoms with Crippen molar-refractivity contribution in [3.63, 3.8) is 0 Å². The SMILES string of the molecule is CC(C)C[C@H](NC(=O)[C@H](C)NC(=O)[C@H](CO)NC(=O)[C@H](Cc1ccc(O)cc1)NC(=O)[C@H](CC(C)C)NC(=O)[C@@H](N)CCC(N)=O)C(=O)N[C@@H](C)C(=O)N[C@@H](CC(N)=O)C(=O)N[C@@H](CCCCN)C(=O)N[C@@H](CS)C(=O)O. The highest BCUT2D eigenvalue weighted by atomic mass is 32.1. The molecule has 0 unspecified atom stereocenters. The molecule has 29 heteroatoms. The standard InChI is InChI=1S/C48H79N13O15S/c1-23(2)17-31(43(70)53-25(5)40(67)57-34(20-38(52)65)46(73)55-30(9-7-8-16-49)42(69)61-36(22-77)48(75)76)56-39(66)26(6)54-47(74)35(21-62)60-45(72)33(19-27-10-12-28(63)13-11-27)59-44(71)32(18-24(3)4)58-41(68)29(50)14-15-37(51)64/h10-13,23-26,29-36,62-63,77H,7-9,14-22,49-50H2,1-6H3,(H2,51,64)(H2,52,65)(H,53,70)(H,54,74)(H,55,73)(H,56,66)(H,57,67)(H,58,68)(H,59,71)(H,60,72)(H,61,69)(H,75,76)/t25-,26-,29-,30-,31-,32-,33-,34-,35-,36-/m0/s1. The number of hydrogen-bond donors (Lipinski definition) is 17. The lowest BCUT2D eigenvalue weighted by Crippen LogP contribution is -2.61. The molecular formula is C48H79N13O15S. The van der Waals surface area contributed by atoms with Gasteiger partial charge < -0.3 is 86.1 Å². The fourth-order valence-electron chi connectivity index (χ4n) is 7.18. The van der Waals surface area contributed by atoms with E-state index >= 15 is 0 Å². The number of carbonyl (C=O) groups excluding carboxylic acids is 11. The summed E-state index contributed by atoms with van der Waals surface area (Å²) in [5, 5.41) is 51.2. The molecule has 0 radical (unpaired) electrons. The van der Waals surface area contributed by atoms with Crippen molar-refractivity contribution < 1.29 is 72.9 Å². The van der Waals surface area contributed by atoms with Gasteiger partial charge >= 0.3 is 5.97 Å². The molecular weight excluding hydrogens is 1030 g/mol. The number of carboxylic acid groups (broad SMARTS) is 1. The van der Waals surface area contributed by atoms with Crippen LogP contribution in [0.15, 0.2) is 24.3 Å². The first-order chi connectivity index (χ1) is 36.0. The Bertz CT molecular complexity index is 2200. The number of phenolic OH excluding ortho intramolecular Hbond substituents is 1. The quantitative estimate of drug-likeness (QED) is 0.0221. The number of primary amides is 2. The number of nitrogens with one attached hydrogen (secondary N) is 9. The van der Waals surface area contributed by atoms with E-state index in [0.29, 0.717) is 18.4 Å². The number of nitrogens with two attached hydrogens (primary N) is 4. The normalized spacial score (nSPS) is 15.0. The molecule has 1 rings (SSSR count). The van der Waals surface area contributed by atoms with E-state index in [-0.39, 0.29) is 68.4 Å². The molecule has 77 heavy (non-hydrogen) atoms. The molecule has 1 aromatic rings. The van der Waals surface area contributed by atoms with Crippen molar-refractivity contribution in [2.45, 2.75) is 160 Å². The maximum absolute atomic E-state index is 13.9. The van der Waals surface area contributed by atoms with E-state index < -0.39 is 144 Å². The Morgan fingerprint density at radius 1 is 0.519 bits per heavy atom. The van der Waals surface area contributed by atoms with Crippen LogP contribution in [0.25, 0.3) is 0 Å². The molecule has 0 fully saturated rings. The van der Waals surface area contributed by atoms with Crippen LogP contribution in [-0.2, 0) is 64.0 Å². The highest BCUT2D eigenvalue weighted by Gasteiger charge is 2.35. The largest absolute Gasteiger partial charge is 0.508 e. The van der Waals surface area contributed by atoms with Crippen LogP contribution in [0.3, 0.4) is 0 Å². The van der Waals surface area contributed by atoms with Crippen LogP contribution >= 0.6 is 12.6 Å². The summed E-state index contributed by atoms with van der Waals surface area (Å²) in [6.07, 6.45) is -0.429. The van der Waals surface area contributed by atoms with Gasteiger partial charge in [0.1, 0.15) is 60.1 Å². The smallest absolute Gasteiger partial charge is 0.327 e. The summed E-state index contributed by atoms with van der Waals surface area (Å²) >= 11 is 3.93. The Morgan fingerprint density at radius 2 is 0.935 bits per heavy atom. The van der Waals surface area contributed by atoms with Crippen LogP contribution in [0.4, 0.5) is 0 Å². The summed E-state index contributed by atoms with van der Waals surface area (Å²) in [5.74, 6) is -12.2. The van der Waals surface area contributed by atoms with Gasteiger partial charge in [0, 0.05) is 18.6 Å². The van der Waals surface area contributed by atoms with Gasteiger partial charge in [-0.25, -0.2) is 4.79 Å². The van der Waals surface area contributed by atoms with Gasteiger partial charge in [0.15, 0.2) is 0 Å². The van der Waals surface area contributed by atoms with Crippen LogP contribution < -0.4 is 70.8 Å². The van der Waals surface area contributed by atoms with Crippen LogP contribution in [0, 0.1) is 11.8 Å². The molecule has 0 spiro atoms. The lowest BCUT2D eigenvalue weighted by molar-refractivity contribution is -0.141. The fraction of sp³-hybridized carbons (Fsp3) is 0.625. The van der Waals surface area contributed by atoms with Crippen molar-refractivity contribution in [2.75, 3.05) is 18.9 Å². The molecule has 10 atom stereocenters. The molecule has 0 aromatic heterocycles. The third-order valence-electron chi connectivity index (χ3n) is 11.5. The summed E-state index contributed by atoms with van der Waals surface area (Å²) in [6.45, 7) is 8.70. The highest BCUT2D eigenvalue weighted by Crippen LogP contribution is 2.14. The van der Waals surface area contributed by atoms with Crippen LogP contribution in [-0.4, -0.2) is 166 Å². The number of carbonyl (C=O) groups is 12. The van der Waals surface area contributed by atoms with Crippen LogP contribution in [0.5, 0.6) is 5.75 Å². The van der Waals surface area contributed by atoms with Gasteiger partial charge in [0.2, 0.25) is 65.0 Å². The summed E-state index contributed by atoms with van der Waals surface area (Å²) in [5.41, 5.74) is 22.5. The van der Waals surface area contributed by atoms with E-state index in [1.54, 1.807) is 27.7 Å². The zero-order chi connectivity index (χ0) is 58.7. The molecule has 1 aromatic carbocycles. The van der Waals surface area contributed by atoms with E-state index in [0.717, 1.165) is 0 Å². The van der Waals surface area contributed by atoms with Gasteiger partial charge in [0.25, 0.3) is 0 Å². The van der Waals surface area contributed by atoms with Crippen LogP contribution in [0.1, 0.15) is 98.5 Å². The molecule has 28 nitrogen and oxygen atoms in total. The first-order valence-corrected chi connectivity index (χ1v) is 25.6. The number of amides is 11. The molecule has 0 aliphatic carbocycles. The van der Waals surface area contributed by atoms with Crippen molar-refractivity contribution in [3.05, 3.63) is 29.8 Å². The second-order valence-corrected chi connectivity index (χ2v) is 19.7. The van der Waals surface area contributed by atoms with Gasteiger partial charge in [-0.2, -0.15) is 12.6 Å². The number of carboxylic acids is 1. The Labute approximate surface area is 452 Å². The molecule has 0 aliphatic heterocycles. The number of benzene rings is 1. The minimum absolute atomic E-state index is 0.00386. The zero-order valence-electron chi connectivity index (χ0n) is 44.2. The average Bonchev–Trinajstić information content (AvgIpc) is 3.34. The molecule has 0 bridgehead atoms. The van der Waals surface area contributed by atoms with Gasteiger partial charge in [-0.05, 0) is 88.4 Å². The van der Waals surface area contributed by atoms with Crippen molar-refractivity contribution in [1.29, 1.82) is 0 Å². The number of phenols is 1.